The molecule has 0 spiro atoms. The highest BCUT2D eigenvalue weighted by Gasteiger charge is 2.43. The van der Waals surface area contributed by atoms with Gasteiger partial charge in [0, 0.05) is 12.8 Å². The average Bonchev–Trinajstić information content (AvgIpc) is 2.95. The fraction of sp³-hybridized carbons (Fsp3) is 0.188. The van der Waals surface area contributed by atoms with Crippen molar-refractivity contribution >= 4 is 33.9 Å². The molecule has 0 saturated heterocycles. The van der Waals surface area contributed by atoms with Gasteiger partial charge in [-0.15, -0.1) is 0 Å². The van der Waals surface area contributed by atoms with Gasteiger partial charge in [0.25, 0.3) is 0 Å². The molecule has 0 fully saturated rings. The summed E-state index contributed by atoms with van der Waals surface area (Å²) in [4.78, 5) is 46.0. The van der Waals surface area contributed by atoms with Crippen LogP contribution in [0.1, 0.15) is 23.6 Å². The minimum atomic E-state index is -5.23. The number of hydrogen-bond acceptors (Lipinski definition) is 4. The number of halogens is 6. The number of ketones is 4. The lowest BCUT2D eigenvalue weighted by molar-refractivity contribution is -0.174. The molecular formula is C32H22F6O4. The van der Waals surface area contributed by atoms with Crippen molar-refractivity contribution < 1.29 is 45.5 Å². The van der Waals surface area contributed by atoms with Crippen LogP contribution in [0.4, 0.5) is 26.3 Å². The fourth-order valence-electron chi connectivity index (χ4n) is 4.71. The third-order valence-electron chi connectivity index (χ3n) is 6.79. The van der Waals surface area contributed by atoms with Crippen molar-refractivity contribution in [1.82, 2.24) is 0 Å². The highest BCUT2D eigenvalue weighted by Crippen LogP contribution is 2.38. The Hall–Kier alpha value is -4.60. The summed E-state index contributed by atoms with van der Waals surface area (Å²) in [5.41, 5.74) is 4.46. The number of carbonyl (C=O) groups excluding carboxylic acids is 4. The summed E-state index contributed by atoms with van der Waals surface area (Å²) in [6.07, 6.45) is -11.1. The highest BCUT2D eigenvalue weighted by molar-refractivity contribution is 6.40. The second-order valence-corrected chi connectivity index (χ2v) is 9.60. The molecule has 0 aliphatic rings. The van der Waals surface area contributed by atoms with E-state index in [9.17, 15) is 45.5 Å². The van der Waals surface area contributed by atoms with Crippen LogP contribution in [0.15, 0.2) is 78.9 Å². The standard InChI is InChI=1S/C32H22F6O4/c1-2-20-14-15-25(22-12-8-19(9-13-22)17-27(40)30(42)32(36,37)38)28-23(20)4-3-5-24(28)21-10-6-18(7-11-21)16-26(39)29(41)31(33,34)35/h3-15H,2,16-17H2,1H3. The maximum atomic E-state index is 12.6. The molecule has 0 aliphatic carbocycles. The van der Waals surface area contributed by atoms with Gasteiger partial charge in [0.2, 0.25) is 11.6 Å². The van der Waals surface area contributed by atoms with Crippen LogP contribution < -0.4 is 0 Å². The van der Waals surface area contributed by atoms with Crippen LogP contribution in [-0.4, -0.2) is 35.5 Å². The summed E-state index contributed by atoms with van der Waals surface area (Å²) in [7, 11) is 0. The summed E-state index contributed by atoms with van der Waals surface area (Å²) in [6, 6.07) is 22.0. The SMILES string of the molecule is CCc1ccc(-c2ccc(CC(=O)C(=O)C(F)(F)F)cc2)c2c(-c3ccc(CC(=O)C(=O)C(F)(F)F)cc3)cccc12. The first-order chi connectivity index (χ1) is 19.7. The Labute approximate surface area is 236 Å². The maximum absolute atomic E-state index is 12.6. The third kappa shape index (κ3) is 6.48. The molecule has 42 heavy (non-hydrogen) atoms. The van der Waals surface area contributed by atoms with Gasteiger partial charge in [-0.25, -0.2) is 0 Å². The third-order valence-corrected chi connectivity index (χ3v) is 6.79. The molecule has 4 aromatic carbocycles. The number of fused-ring (bicyclic) bond motifs is 1. The molecule has 0 aliphatic heterocycles. The van der Waals surface area contributed by atoms with E-state index in [0.717, 1.165) is 27.5 Å². The Morgan fingerprint density at radius 1 is 0.571 bits per heavy atom. The van der Waals surface area contributed by atoms with Gasteiger partial charge in [0.15, 0.2) is 0 Å². The highest BCUT2D eigenvalue weighted by atomic mass is 19.4. The van der Waals surface area contributed by atoms with Gasteiger partial charge in [-0.2, -0.15) is 26.3 Å². The van der Waals surface area contributed by atoms with Gasteiger partial charge >= 0.3 is 23.9 Å². The smallest absolute Gasteiger partial charge is 0.290 e. The zero-order valence-corrected chi connectivity index (χ0v) is 22.0. The summed E-state index contributed by atoms with van der Waals surface area (Å²) in [6.45, 7) is 1.99. The molecular weight excluding hydrogens is 562 g/mol. The number of hydrogen-bond donors (Lipinski definition) is 0. The molecule has 4 nitrogen and oxygen atoms in total. The van der Waals surface area contributed by atoms with Crippen LogP contribution in [0.25, 0.3) is 33.0 Å². The molecule has 0 heterocycles. The van der Waals surface area contributed by atoms with E-state index in [-0.39, 0.29) is 11.1 Å². The van der Waals surface area contributed by atoms with E-state index in [4.69, 9.17) is 0 Å². The van der Waals surface area contributed by atoms with Crippen molar-refractivity contribution in [2.24, 2.45) is 0 Å². The minimum absolute atomic E-state index is 0.241. The predicted octanol–water partition coefficient (Wildman–Crippen LogP) is 7.22. The molecule has 4 rings (SSSR count). The van der Waals surface area contributed by atoms with E-state index in [1.807, 2.05) is 37.3 Å². The van der Waals surface area contributed by atoms with Crippen molar-refractivity contribution in [3.63, 3.8) is 0 Å². The average molecular weight is 585 g/mol. The number of benzene rings is 4. The molecule has 0 N–H and O–H groups in total. The molecule has 0 atom stereocenters. The van der Waals surface area contributed by atoms with E-state index in [1.165, 1.54) is 24.3 Å². The largest absolute Gasteiger partial charge is 0.458 e. The minimum Gasteiger partial charge on any atom is -0.290 e. The summed E-state index contributed by atoms with van der Waals surface area (Å²) in [5.74, 6) is -7.91. The van der Waals surface area contributed by atoms with Crippen LogP contribution in [0.3, 0.4) is 0 Å². The second-order valence-electron chi connectivity index (χ2n) is 9.60. The molecule has 0 saturated carbocycles. The zero-order chi connectivity index (χ0) is 30.8. The zero-order valence-electron chi connectivity index (χ0n) is 22.0. The molecule has 0 amide bonds. The molecule has 4 aromatic rings. The Balaban J connectivity index is 1.70. The summed E-state index contributed by atoms with van der Waals surface area (Å²) < 4.78 is 75.5. The Bertz CT molecular complexity index is 1590. The molecule has 0 bridgehead atoms. The van der Waals surface area contributed by atoms with Gasteiger partial charge in [0.1, 0.15) is 0 Å². The van der Waals surface area contributed by atoms with Crippen molar-refractivity contribution in [3.05, 3.63) is 95.6 Å². The van der Waals surface area contributed by atoms with Gasteiger partial charge < -0.3 is 0 Å². The summed E-state index contributed by atoms with van der Waals surface area (Å²) >= 11 is 0. The second kappa shape index (κ2) is 11.7. The van der Waals surface area contributed by atoms with E-state index in [2.05, 4.69) is 0 Å². The lowest BCUT2D eigenvalue weighted by Crippen LogP contribution is -2.31. The first-order valence-corrected chi connectivity index (χ1v) is 12.7. The summed E-state index contributed by atoms with van der Waals surface area (Å²) in [5, 5.41) is 1.77. The fourth-order valence-corrected chi connectivity index (χ4v) is 4.71. The van der Waals surface area contributed by atoms with Gasteiger partial charge in [-0.1, -0.05) is 85.8 Å². The Morgan fingerprint density at radius 2 is 1.00 bits per heavy atom. The topological polar surface area (TPSA) is 68.3 Å². The lowest BCUT2D eigenvalue weighted by atomic mass is 9.88. The maximum Gasteiger partial charge on any atom is 0.458 e. The van der Waals surface area contributed by atoms with Crippen LogP contribution in [0.5, 0.6) is 0 Å². The molecule has 0 unspecified atom stereocenters. The van der Waals surface area contributed by atoms with Crippen molar-refractivity contribution in [2.45, 2.75) is 38.5 Å². The van der Waals surface area contributed by atoms with Crippen LogP contribution in [0, 0.1) is 0 Å². The van der Waals surface area contributed by atoms with Gasteiger partial charge in [-0.3, -0.25) is 19.2 Å². The van der Waals surface area contributed by atoms with Crippen LogP contribution in [-0.2, 0) is 38.4 Å². The monoisotopic (exact) mass is 584 g/mol. The Morgan fingerprint density at radius 3 is 1.40 bits per heavy atom. The van der Waals surface area contributed by atoms with E-state index < -0.39 is 48.3 Å². The van der Waals surface area contributed by atoms with Crippen LogP contribution >= 0.6 is 0 Å². The molecule has 10 heteroatoms. The van der Waals surface area contributed by atoms with Crippen LogP contribution in [0.2, 0.25) is 0 Å². The van der Waals surface area contributed by atoms with Crippen molar-refractivity contribution in [3.8, 4) is 22.3 Å². The first-order valence-electron chi connectivity index (χ1n) is 12.7. The number of Topliss-reactive ketones (excluding diaryl/α,β-unsaturated/α-hetero) is 4. The quantitative estimate of drug-likeness (QED) is 0.154. The number of carbonyl (C=O) groups is 4. The molecule has 0 radical (unpaired) electrons. The van der Waals surface area contributed by atoms with E-state index in [0.29, 0.717) is 17.5 Å². The normalized spacial score (nSPS) is 11.9. The number of rotatable bonds is 9. The van der Waals surface area contributed by atoms with E-state index >= 15 is 0 Å². The van der Waals surface area contributed by atoms with Crippen molar-refractivity contribution in [2.75, 3.05) is 0 Å². The van der Waals surface area contributed by atoms with Gasteiger partial charge in [-0.05, 0) is 56.1 Å². The lowest BCUT2D eigenvalue weighted by Gasteiger charge is -2.16. The van der Waals surface area contributed by atoms with E-state index in [1.54, 1.807) is 24.3 Å². The van der Waals surface area contributed by atoms with Crippen molar-refractivity contribution in [1.29, 1.82) is 0 Å². The molecule has 216 valence electrons. The first kappa shape index (κ1) is 30.4. The number of aryl methyl sites for hydroxylation is 1. The number of alkyl halides is 6. The van der Waals surface area contributed by atoms with Gasteiger partial charge in [0.05, 0.1) is 0 Å². The Kier molecular flexibility index (Phi) is 8.47. The predicted molar refractivity (Wildman–Crippen MR) is 144 cm³/mol. The molecule has 0 aromatic heterocycles.